The average molecular weight is 648 g/mol. The normalized spacial score (nSPS) is 11.7. The Morgan fingerprint density at radius 1 is 0.449 bits per heavy atom. The van der Waals surface area contributed by atoms with Gasteiger partial charge in [-0.3, -0.25) is 4.57 Å². The van der Waals surface area contributed by atoms with Gasteiger partial charge in [-0.1, -0.05) is 103 Å². The standard InChI is InChI=1S/C41H25N7S/c1-4-12-26(13-5-1)38-44-39(27-14-6-2-7-15-27)46-40(45-38)36-32-24-49-25-33(32)42-41(43-36)48-35-19-11-10-18-29(35)30-20-21-34-31(37(30)48)22-23-47(34)28-16-8-3-9-17-28/h1-25H. The van der Waals surface area contributed by atoms with Crippen LogP contribution in [0.1, 0.15) is 0 Å². The molecular formula is C41H25N7S. The molecule has 0 aliphatic carbocycles. The molecule has 0 amide bonds. The first-order valence-corrected chi connectivity index (χ1v) is 16.9. The van der Waals surface area contributed by atoms with Gasteiger partial charge in [0.25, 0.3) is 0 Å². The molecule has 230 valence electrons. The molecule has 10 aromatic rings. The summed E-state index contributed by atoms with van der Waals surface area (Å²) >= 11 is 1.59. The van der Waals surface area contributed by atoms with Crippen LogP contribution in [0.5, 0.6) is 0 Å². The zero-order valence-corrected chi connectivity index (χ0v) is 26.8. The second-order valence-electron chi connectivity index (χ2n) is 11.8. The number of para-hydroxylation sites is 2. The molecule has 0 saturated carbocycles. The molecule has 5 heterocycles. The summed E-state index contributed by atoms with van der Waals surface area (Å²) in [5.74, 6) is 2.25. The molecule has 0 radical (unpaired) electrons. The largest absolute Gasteiger partial charge is 0.316 e. The van der Waals surface area contributed by atoms with Crippen molar-refractivity contribution in [3.8, 4) is 45.9 Å². The summed E-state index contributed by atoms with van der Waals surface area (Å²) in [6.07, 6.45) is 2.14. The lowest BCUT2D eigenvalue weighted by Gasteiger charge is -2.12. The van der Waals surface area contributed by atoms with E-state index in [9.17, 15) is 0 Å². The lowest BCUT2D eigenvalue weighted by atomic mass is 10.1. The van der Waals surface area contributed by atoms with E-state index in [0.29, 0.717) is 29.1 Å². The first-order valence-electron chi connectivity index (χ1n) is 16.0. The second kappa shape index (κ2) is 11.0. The van der Waals surface area contributed by atoms with Crippen molar-refractivity contribution >= 4 is 54.9 Å². The van der Waals surface area contributed by atoms with E-state index in [1.54, 1.807) is 11.3 Å². The number of aromatic nitrogens is 7. The van der Waals surface area contributed by atoms with Crippen LogP contribution in [0, 0.1) is 0 Å². The molecule has 0 saturated heterocycles. The highest BCUT2D eigenvalue weighted by molar-refractivity contribution is 7.09. The summed E-state index contributed by atoms with van der Waals surface area (Å²) in [4.78, 5) is 25.5. The molecule has 0 fully saturated rings. The summed E-state index contributed by atoms with van der Waals surface area (Å²) < 4.78 is 4.42. The monoisotopic (exact) mass is 647 g/mol. The number of fused-ring (bicyclic) bond motifs is 6. The van der Waals surface area contributed by atoms with Gasteiger partial charge in [0.05, 0.1) is 22.1 Å². The summed E-state index contributed by atoms with van der Waals surface area (Å²) in [5.41, 5.74) is 7.63. The maximum atomic E-state index is 5.33. The Hall–Kier alpha value is -6.51. The van der Waals surface area contributed by atoms with E-state index in [1.165, 1.54) is 0 Å². The molecule has 8 heteroatoms. The quantitative estimate of drug-likeness (QED) is 0.186. The molecule has 49 heavy (non-hydrogen) atoms. The fraction of sp³-hybridized carbons (Fsp3) is 0. The zero-order valence-electron chi connectivity index (χ0n) is 26.0. The van der Waals surface area contributed by atoms with E-state index in [2.05, 4.69) is 92.8 Å². The molecule has 7 nitrogen and oxygen atoms in total. The van der Waals surface area contributed by atoms with Crippen LogP contribution in [0.3, 0.4) is 0 Å². The van der Waals surface area contributed by atoms with Gasteiger partial charge in [0.1, 0.15) is 5.69 Å². The molecule has 5 aromatic heterocycles. The molecular weight excluding hydrogens is 623 g/mol. The van der Waals surface area contributed by atoms with E-state index in [1.807, 2.05) is 66.7 Å². The molecule has 0 aliphatic rings. The van der Waals surface area contributed by atoms with E-state index in [-0.39, 0.29) is 0 Å². The minimum Gasteiger partial charge on any atom is -0.316 e. The lowest BCUT2D eigenvalue weighted by Crippen LogP contribution is -2.06. The Bertz CT molecular complexity index is 2760. The van der Waals surface area contributed by atoms with Crippen LogP contribution in [-0.4, -0.2) is 34.1 Å². The maximum Gasteiger partial charge on any atom is 0.235 e. The van der Waals surface area contributed by atoms with E-state index >= 15 is 0 Å². The van der Waals surface area contributed by atoms with Crippen molar-refractivity contribution < 1.29 is 0 Å². The smallest absolute Gasteiger partial charge is 0.235 e. The van der Waals surface area contributed by atoms with Crippen molar-refractivity contribution in [2.75, 3.05) is 0 Å². The summed E-state index contributed by atoms with van der Waals surface area (Å²) in [7, 11) is 0. The van der Waals surface area contributed by atoms with Gasteiger partial charge in [0.2, 0.25) is 5.95 Å². The Kier molecular flexibility index (Phi) is 6.22. The van der Waals surface area contributed by atoms with Gasteiger partial charge in [0, 0.05) is 55.3 Å². The van der Waals surface area contributed by atoms with E-state index in [0.717, 1.165) is 60.4 Å². The molecule has 0 N–H and O–H groups in total. The minimum atomic E-state index is 0.501. The summed E-state index contributed by atoms with van der Waals surface area (Å²) in [6, 6.07) is 45.5. The molecule has 0 unspecified atom stereocenters. The molecule has 0 bridgehead atoms. The number of rotatable bonds is 5. The fourth-order valence-corrected chi connectivity index (χ4v) is 7.47. The molecule has 10 rings (SSSR count). The van der Waals surface area contributed by atoms with Gasteiger partial charge in [-0.2, -0.15) is 0 Å². The topological polar surface area (TPSA) is 74.3 Å². The van der Waals surface area contributed by atoms with Crippen LogP contribution < -0.4 is 0 Å². The first kappa shape index (κ1) is 27.6. The fourth-order valence-electron chi connectivity index (χ4n) is 6.73. The minimum absolute atomic E-state index is 0.501. The molecule has 0 aliphatic heterocycles. The van der Waals surface area contributed by atoms with Crippen molar-refractivity contribution in [2.24, 2.45) is 0 Å². The highest BCUT2D eigenvalue weighted by Gasteiger charge is 2.22. The van der Waals surface area contributed by atoms with Crippen molar-refractivity contribution in [1.29, 1.82) is 0 Å². The van der Waals surface area contributed by atoms with Crippen LogP contribution in [-0.2, 0) is 0 Å². The summed E-state index contributed by atoms with van der Waals surface area (Å²) in [6.45, 7) is 0. The SMILES string of the molecule is c1ccc(-c2nc(-c3ccccc3)nc(-c3nc(-n4c5ccccc5c5ccc6c(ccn6-c6ccccc6)c54)nc4cscc34)n2)cc1. The third kappa shape index (κ3) is 4.46. The van der Waals surface area contributed by atoms with Gasteiger partial charge in [0.15, 0.2) is 17.5 Å². The van der Waals surface area contributed by atoms with Crippen molar-refractivity contribution in [3.63, 3.8) is 0 Å². The van der Waals surface area contributed by atoms with E-state index in [4.69, 9.17) is 24.9 Å². The number of nitrogens with zero attached hydrogens (tertiary/aromatic N) is 7. The number of hydrogen-bond acceptors (Lipinski definition) is 6. The number of benzene rings is 5. The Morgan fingerprint density at radius 2 is 1.10 bits per heavy atom. The predicted octanol–water partition coefficient (Wildman–Crippen LogP) is 9.92. The highest BCUT2D eigenvalue weighted by Crippen LogP contribution is 2.38. The van der Waals surface area contributed by atoms with Crippen molar-refractivity contribution in [2.45, 2.75) is 0 Å². The predicted molar refractivity (Wildman–Crippen MR) is 198 cm³/mol. The lowest BCUT2D eigenvalue weighted by molar-refractivity contribution is 0.998. The third-order valence-corrected chi connectivity index (χ3v) is 9.71. The van der Waals surface area contributed by atoms with Gasteiger partial charge < -0.3 is 4.57 Å². The summed E-state index contributed by atoms with van der Waals surface area (Å²) in [5, 5.41) is 8.44. The van der Waals surface area contributed by atoms with Gasteiger partial charge in [-0.05, 0) is 30.3 Å². The average Bonchev–Trinajstić information content (AvgIpc) is 3.91. The van der Waals surface area contributed by atoms with Gasteiger partial charge in [-0.15, -0.1) is 11.3 Å². The molecule has 0 atom stereocenters. The number of hydrogen-bond donors (Lipinski definition) is 0. The molecule has 5 aromatic carbocycles. The van der Waals surface area contributed by atoms with Gasteiger partial charge in [-0.25, -0.2) is 24.9 Å². The molecule has 0 spiro atoms. The third-order valence-electron chi connectivity index (χ3n) is 8.98. The second-order valence-corrected chi connectivity index (χ2v) is 12.6. The van der Waals surface area contributed by atoms with Crippen LogP contribution in [0.25, 0.3) is 89.5 Å². The van der Waals surface area contributed by atoms with Crippen LogP contribution in [0.4, 0.5) is 0 Å². The van der Waals surface area contributed by atoms with Crippen molar-refractivity contribution in [1.82, 2.24) is 34.1 Å². The first-order chi connectivity index (χ1) is 24.3. The Labute approximate surface area is 284 Å². The van der Waals surface area contributed by atoms with Crippen molar-refractivity contribution in [3.05, 3.63) is 150 Å². The van der Waals surface area contributed by atoms with Crippen LogP contribution in [0.15, 0.2) is 150 Å². The highest BCUT2D eigenvalue weighted by atomic mass is 32.1. The number of thiophene rings is 1. The van der Waals surface area contributed by atoms with E-state index < -0.39 is 0 Å². The van der Waals surface area contributed by atoms with Crippen LogP contribution in [0.2, 0.25) is 0 Å². The Balaban J connectivity index is 1.26. The zero-order chi connectivity index (χ0) is 32.3. The van der Waals surface area contributed by atoms with Gasteiger partial charge >= 0.3 is 0 Å². The maximum absolute atomic E-state index is 5.33. The van der Waals surface area contributed by atoms with Crippen LogP contribution >= 0.6 is 11.3 Å². The Morgan fingerprint density at radius 3 is 1.84 bits per heavy atom.